The Morgan fingerprint density at radius 2 is 1.94 bits per heavy atom. The number of hydrogen-bond donors (Lipinski definition) is 1. The number of halogens is 2. The van der Waals surface area contributed by atoms with Gasteiger partial charge in [0.1, 0.15) is 17.3 Å². The lowest BCUT2D eigenvalue weighted by Crippen LogP contribution is -2.06. The minimum absolute atomic E-state index is 0.120. The lowest BCUT2D eigenvalue weighted by Gasteiger charge is -2.13. The number of para-hydroxylation sites is 1. The van der Waals surface area contributed by atoms with E-state index in [0.717, 1.165) is 5.56 Å². The fourth-order valence-corrected chi connectivity index (χ4v) is 1.97. The van der Waals surface area contributed by atoms with Crippen molar-refractivity contribution in [2.45, 2.75) is 13.0 Å². The Labute approximate surface area is 114 Å². The number of ether oxygens (including phenoxy) is 1. The zero-order valence-electron chi connectivity index (χ0n) is 9.86. The lowest BCUT2D eigenvalue weighted by atomic mass is 10.1. The Morgan fingerprint density at radius 1 is 1.22 bits per heavy atom. The van der Waals surface area contributed by atoms with Gasteiger partial charge in [-0.1, -0.05) is 18.2 Å². The zero-order chi connectivity index (χ0) is 13.1. The minimum Gasteiger partial charge on any atom is -0.457 e. The van der Waals surface area contributed by atoms with Crippen molar-refractivity contribution in [2.24, 2.45) is 5.73 Å². The molecule has 1 atom stereocenters. The molecule has 94 valence electrons. The maximum atomic E-state index is 13.1. The van der Waals surface area contributed by atoms with E-state index in [9.17, 15) is 4.39 Å². The van der Waals surface area contributed by atoms with Crippen molar-refractivity contribution in [1.29, 1.82) is 0 Å². The molecule has 2 aromatic carbocycles. The van der Waals surface area contributed by atoms with Crippen LogP contribution in [0.2, 0.25) is 0 Å². The standard InChI is InChI=1S/C14H13BrFNO/c1-9(17)11-4-2-3-5-14(11)18-10-6-7-13(16)12(15)8-10/h2-9H,17H2,1H3. The summed E-state index contributed by atoms with van der Waals surface area (Å²) in [6.07, 6.45) is 0. The molecule has 0 saturated carbocycles. The highest BCUT2D eigenvalue weighted by Crippen LogP contribution is 2.30. The van der Waals surface area contributed by atoms with E-state index in [1.165, 1.54) is 6.07 Å². The third-order valence-corrected chi connectivity index (χ3v) is 3.14. The summed E-state index contributed by atoms with van der Waals surface area (Å²) in [6.45, 7) is 1.89. The lowest BCUT2D eigenvalue weighted by molar-refractivity contribution is 0.469. The van der Waals surface area contributed by atoms with Gasteiger partial charge in [0, 0.05) is 11.6 Å². The van der Waals surface area contributed by atoms with Crippen LogP contribution in [-0.4, -0.2) is 0 Å². The third kappa shape index (κ3) is 2.89. The summed E-state index contributed by atoms with van der Waals surface area (Å²) >= 11 is 3.13. The Hall–Kier alpha value is -1.39. The van der Waals surface area contributed by atoms with E-state index in [4.69, 9.17) is 10.5 Å². The van der Waals surface area contributed by atoms with E-state index in [0.29, 0.717) is 16.0 Å². The predicted molar refractivity (Wildman–Crippen MR) is 73.2 cm³/mol. The van der Waals surface area contributed by atoms with Gasteiger partial charge in [-0.15, -0.1) is 0 Å². The molecule has 0 radical (unpaired) electrons. The molecule has 2 nitrogen and oxygen atoms in total. The van der Waals surface area contributed by atoms with E-state index in [1.54, 1.807) is 12.1 Å². The van der Waals surface area contributed by atoms with Crippen molar-refractivity contribution < 1.29 is 9.13 Å². The third-order valence-electron chi connectivity index (χ3n) is 2.53. The van der Waals surface area contributed by atoms with Gasteiger partial charge in [0.25, 0.3) is 0 Å². The molecular formula is C14H13BrFNO. The number of benzene rings is 2. The van der Waals surface area contributed by atoms with E-state index in [-0.39, 0.29) is 11.9 Å². The average molecular weight is 310 g/mol. The molecule has 0 aliphatic heterocycles. The van der Waals surface area contributed by atoms with Crippen LogP contribution >= 0.6 is 15.9 Å². The first-order valence-electron chi connectivity index (χ1n) is 5.55. The monoisotopic (exact) mass is 309 g/mol. The Morgan fingerprint density at radius 3 is 2.61 bits per heavy atom. The largest absolute Gasteiger partial charge is 0.457 e. The molecule has 2 aromatic rings. The first-order valence-corrected chi connectivity index (χ1v) is 6.34. The van der Waals surface area contributed by atoms with Gasteiger partial charge in [-0.05, 0) is 47.1 Å². The van der Waals surface area contributed by atoms with E-state index >= 15 is 0 Å². The van der Waals surface area contributed by atoms with Crippen molar-refractivity contribution >= 4 is 15.9 Å². The summed E-state index contributed by atoms with van der Waals surface area (Å²) < 4.78 is 19.2. The van der Waals surface area contributed by atoms with Crippen LogP contribution in [0.3, 0.4) is 0 Å². The molecule has 4 heteroatoms. The van der Waals surface area contributed by atoms with Gasteiger partial charge in [-0.3, -0.25) is 0 Å². The number of rotatable bonds is 3. The Bertz CT molecular complexity index is 557. The van der Waals surface area contributed by atoms with Crippen LogP contribution in [-0.2, 0) is 0 Å². The second kappa shape index (κ2) is 5.50. The van der Waals surface area contributed by atoms with Gasteiger partial charge in [-0.2, -0.15) is 0 Å². The summed E-state index contributed by atoms with van der Waals surface area (Å²) in [4.78, 5) is 0. The maximum Gasteiger partial charge on any atom is 0.137 e. The fraction of sp³-hybridized carbons (Fsp3) is 0.143. The van der Waals surface area contributed by atoms with Crippen LogP contribution in [0, 0.1) is 5.82 Å². The highest BCUT2D eigenvalue weighted by atomic mass is 79.9. The summed E-state index contributed by atoms with van der Waals surface area (Å²) in [5, 5.41) is 0. The fourth-order valence-electron chi connectivity index (χ4n) is 1.62. The summed E-state index contributed by atoms with van der Waals surface area (Å²) in [6, 6.07) is 11.9. The summed E-state index contributed by atoms with van der Waals surface area (Å²) in [5.74, 6) is 0.935. The molecule has 0 amide bonds. The first kappa shape index (κ1) is 13.1. The molecule has 18 heavy (non-hydrogen) atoms. The van der Waals surface area contributed by atoms with Crippen LogP contribution in [0.4, 0.5) is 4.39 Å². The van der Waals surface area contributed by atoms with Crippen molar-refractivity contribution in [3.05, 3.63) is 58.3 Å². The molecule has 0 aliphatic carbocycles. The summed E-state index contributed by atoms with van der Waals surface area (Å²) in [7, 11) is 0. The molecule has 0 spiro atoms. The van der Waals surface area contributed by atoms with Crippen LogP contribution in [0.5, 0.6) is 11.5 Å². The van der Waals surface area contributed by atoms with E-state index in [2.05, 4.69) is 15.9 Å². The highest BCUT2D eigenvalue weighted by molar-refractivity contribution is 9.10. The normalized spacial score (nSPS) is 12.2. The Balaban J connectivity index is 2.31. The summed E-state index contributed by atoms with van der Waals surface area (Å²) in [5.41, 5.74) is 6.79. The molecule has 1 unspecified atom stereocenters. The van der Waals surface area contributed by atoms with Gasteiger partial charge in [0.15, 0.2) is 0 Å². The van der Waals surface area contributed by atoms with E-state index < -0.39 is 0 Å². The molecule has 2 rings (SSSR count). The second-order valence-corrected chi connectivity index (χ2v) is 4.86. The van der Waals surface area contributed by atoms with Crippen LogP contribution < -0.4 is 10.5 Å². The quantitative estimate of drug-likeness (QED) is 0.912. The minimum atomic E-state index is -0.317. The molecule has 0 aliphatic rings. The molecule has 0 fully saturated rings. The highest BCUT2D eigenvalue weighted by Gasteiger charge is 2.09. The van der Waals surface area contributed by atoms with E-state index in [1.807, 2.05) is 31.2 Å². The topological polar surface area (TPSA) is 35.2 Å². The number of nitrogens with two attached hydrogens (primary N) is 1. The maximum absolute atomic E-state index is 13.1. The van der Waals surface area contributed by atoms with Crippen molar-refractivity contribution in [2.75, 3.05) is 0 Å². The molecule has 2 N–H and O–H groups in total. The Kier molecular flexibility index (Phi) is 3.99. The molecule has 0 bridgehead atoms. The van der Waals surface area contributed by atoms with Gasteiger partial charge < -0.3 is 10.5 Å². The van der Waals surface area contributed by atoms with Gasteiger partial charge in [0.2, 0.25) is 0 Å². The molecular weight excluding hydrogens is 297 g/mol. The zero-order valence-corrected chi connectivity index (χ0v) is 11.4. The van der Waals surface area contributed by atoms with Crippen LogP contribution in [0.25, 0.3) is 0 Å². The van der Waals surface area contributed by atoms with Crippen molar-refractivity contribution in [3.8, 4) is 11.5 Å². The van der Waals surface area contributed by atoms with Gasteiger partial charge in [0.05, 0.1) is 4.47 Å². The molecule has 0 aromatic heterocycles. The smallest absolute Gasteiger partial charge is 0.137 e. The van der Waals surface area contributed by atoms with Gasteiger partial charge >= 0.3 is 0 Å². The first-order chi connectivity index (χ1) is 8.58. The molecule has 0 heterocycles. The van der Waals surface area contributed by atoms with Crippen LogP contribution in [0.15, 0.2) is 46.9 Å². The second-order valence-electron chi connectivity index (χ2n) is 4.00. The molecule has 0 saturated heterocycles. The average Bonchev–Trinajstić information content (AvgIpc) is 2.34. The number of hydrogen-bond acceptors (Lipinski definition) is 2. The van der Waals surface area contributed by atoms with Gasteiger partial charge in [-0.25, -0.2) is 4.39 Å². The van der Waals surface area contributed by atoms with Crippen molar-refractivity contribution in [1.82, 2.24) is 0 Å². The SMILES string of the molecule is CC(N)c1ccccc1Oc1ccc(F)c(Br)c1. The van der Waals surface area contributed by atoms with Crippen molar-refractivity contribution in [3.63, 3.8) is 0 Å². The predicted octanol–water partition coefficient (Wildman–Crippen LogP) is 4.40. The van der Waals surface area contributed by atoms with Crippen LogP contribution in [0.1, 0.15) is 18.5 Å².